The van der Waals surface area contributed by atoms with E-state index < -0.39 is 0 Å². The molecule has 30 heavy (non-hydrogen) atoms. The molecule has 0 aliphatic heterocycles. The van der Waals surface area contributed by atoms with Crippen molar-refractivity contribution < 1.29 is 9.18 Å². The van der Waals surface area contributed by atoms with Crippen molar-refractivity contribution in [1.82, 2.24) is 14.5 Å². The van der Waals surface area contributed by atoms with E-state index in [0.717, 1.165) is 16.0 Å². The first-order valence-corrected chi connectivity index (χ1v) is 10.3. The van der Waals surface area contributed by atoms with Crippen molar-refractivity contribution in [2.45, 2.75) is 19.5 Å². The fourth-order valence-corrected chi connectivity index (χ4v) is 4.25. The second-order valence-electron chi connectivity index (χ2n) is 7.11. The molecule has 0 spiro atoms. The van der Waals surface area contributed by atoms with Gasteiger partial charge in [0.15, 0.2) is 0 Å². The van der Waals surface area contributed by atoms with Gasteiger partial charge < -0.3 is 4.90 Å². The summed E-state index contributed by atoms with van der Waals surface area (Å²) in [7, 11) is 1.67. The number of fused-ring (bicyclic) bond motifs is 1. The van der Waals surface area contributed by atoms with Crippen molar-refractivity contribution in [3.05, 3.63) is 88.7 Å². The van der Waals surface area contributed by atoms with Gasteiger partial charge in [0.05, 0.1) is 17.8 Å². The number of carbonyl (C=O) groups excluding carboxylic acids is 1. The van der Waals surface area contributed by atoms with E-state index in [0.29, 0.717) is 10.2 Å². The molecule has 4 rings (SSSR count). The summed E-state index contributed by atoms with van der Waals surface area (Å²) in [5, 5.41) is 0.503. The summed E-state index contributed by atoms with van der Waals surface area (Å²) in [6.07, 6.45) is 1.42. The van der Waals surface area contributed by atoms with E-state index in [1.165, 1.54) is 34.4 Å². The molecule has 5 nitrogen and oxygen atoms in total. The number of rotatable bonds is 5. The SMILES string of the molecule is CC(c1ccc(F)cc1)N(C)C(=O)Cn1cnc2sc(-c3ccccc3)cc2c1=O. The first-order valence-electron chi connectivity index (χ1n) is 9.49. The van der Waals surface area contributed by atoms with Crippen LogP contribution in [0.3, 0.4) is 0 Å². The van der Waals surface area contributed by atoms with Crippen LogP contribution < -0.4 is 5.56 Å². The molecule has 0 fully saturated rings. The van der Waals surface area contributed by atoms with Crippen molar-refractivity contribution >= 4 is 27.5 Å². The summed E-state index contributed by atoms with van der Waals surface area (Å²) in [6.45, 7) is 1.75. The van der Waals surface area contributed by atoms with E-state index in [1.54, 1.807) is 24.1 Å². The summed E-state index contributed by atoms with van der Waals surface area (Å²) in [6, 6.07) is 17.4. The van der Waals surface area contributed by atoms with Gasteiger partial charge in [-0.05, 0) is 36.2 Å². The number of halogens is 1. The number of amides is 1. The molecule has 2 aromatic heterocycles. The van der Waals surface area contributed by atoms with Crippen LogP contribution in [0.4, 0.5) is 4.39 Å². The van der Waals surface area contributed by atoms with E-state index in [4.69, 9.17) is 0 Å². The lowest BCUT2D eigenvalue weighted by Crippen LogP contribution is -2.35. The number of thiophene rings is 1. The van der Waals surface area contributed by atoms with Gasteiger partial charge in [-0.3, -0.25) is 14.2 Å². The minimum atomic E-state index is -0.323. The zero-order valence-electron chi connectivity index (χ0n) is 16.6. The number of carbonyl (C=O) groups is 1. The van der Waals surface area contributed by atoms with Crippen LogP contribution in [-0.2, 0) is 11.3 Å². The fourth-order valence-electron chi connectivity index (χ4n) is 3.26. The molecule has 0 saturated carbocycles. The molecule has 0 bridgehead atoms. The monoisotopic (exact) mass is 421 g/mol. The molecule has 0 N–H and O–H groups in total. The van der Waals surface area contributed by atoms with Crippen LogP contribution in [-0.4, -0.2) is 27.4 Å². The number of hydrogen-bond acceptors (Lipinski definition) is 4. The van der Waals surface area contributed by atoms with Crippen LogP contribution in [0, 0.1) is 5.82 Å². The van der Waals surface area contributed by atoms with Crippen LogP contribution >= 0.6 is 11.3 Å². The Balaban J connectivity index is 1.57. The van der Waals surface area contributed by atoms with Gasteiger partial charge in [-0.15, -0.1) is 11.3 Å². The predicted molar refractivity (Wildman–Crippen MR) is 117 cm³/mol. The van der Waals surface area contributed by atoms with Crippen molar-refractivity contribution in [3.63, 3.8) is 0 Å². The number of aromatic nitrogens is 2. The maximum absolute atomic E-state index is 13.2. The summed E-state index contributed by atoms with van der Waals surface area (Å²) in [4.78, 5) is 33.2. The van der Waals surface area contributed by atoms with Gasteiger partial charge in [0.1, 0.15) is 17.2 Å². The van der Waals surface area contributed by atoms with E-state index >= 15 is 0 Å². The van der Waals surface area contributed by atoms with E-state index in [9.17, 15) is 14.0 Å². The van der Waals surface area contributed by atoms with E-state index in [1.807, 2.05) is 43.3 Å². The highest BCUT2D eigenvalue weighted by Gasteiger charge is 2.19. The fraction of sp³-hybridized carbons (Fsp3) is 0.174. The number of likely N-dealkylation sites (N-methyl/N-ethyl adjacent to an activating group) is 1. The zero-order valence-corrected chi connectivity index (χ0v) is 17.4. The molecular weight excluding hydrogens is 401 g/mol. The molecule has 7 heteroatoms. The summed E-state index contributed by atoms with van der Waals surface area (Å²) < 4.78 is 14.5. The Morgan fingerprint density at radius 2 is 1.87 bits per heavy atom. The first kappa shape index (κ1) is 20.0. The van der Waals surface area contributed by atoms with Crippen molar-refractivity contribution in [3.8, 4) is 10.4 Å². The molecule has 2 aromatic carbocycles. The molecule has 1 atom stereocenters. The van der Waals surface area contributed by atoms with Gasteiger partial charge in [0.2, 0.25) is 5.91 Å². The Morgan fingerprint density at radius 1 is 1.17 bits per heavy atom. The molecule has 1 unspecified atom stereocenters. The van der Waals surface area contributed by atoms with Crippen LogP contribution in [0.25, 0.3) is 20.7 Å². The van der Waals surface area contributed by atoms with Gasteiger partial charge in [0.25, 0.3) is 5.56 Å². The standard InChI is InChI=1S/C23H20FN3O2S/c1-15(16-8-10-18(24)11-9-16)26(2)21(28)13-27-14-25-22-19(23(27)29)12-20(30-22)17-6-4-3-5-7-17/h3-12,14-15H,13H2,1-2H3. The van der Waals surface area contributed by atoms with E-state index in [-0.39, 0.29) is 29.9 Å². The molecule has 0 aliphatic rings. The highest BCUT2D eigenvalue weighted by Crippen LogP contribution is 2.30. The zero-order chi connectivity index (χ0) is 21.3. The summed E-state index contributed by atoms with van der Waals surface area (Å²) in [5.74, 6) is -0.551. The maximum atomic E-state index is 13.2. The number of benzene rings is 2. The number of nitrogens with zero attached hydrogens (tertiary/aromatic N) is 3. The Morgan fingerprint density at radius 3 is 2.57 bits per heavy atom. The van der Waals surface area contributed by atoms with Gasteiger partial charge in [-0.2, -0.15) is 0 Å². The quantitative estimate of drug-likeness (QED) is 0.477. The lowest BCUT2D eigenvalue weighted by molar-refractivity contribution is -0.132. The molecule has 0 saturated heterocycles. The minimum absolute atomic E-state index is 0.111. The van der Waals surface area contributed by atoms with Crippen molar-refractivity contribution in [2.24, 2.45) is 0 Å². The summed E-state index contributed by atoms with van der Waals surface area (Å²) in [5.41, 5.74) is 1.60. The normalized spacial score (nSPS) is 12.1. The van der Waals surface area contributed by atoms with Gasteiger partial charge >= 0.3 is 0 Å². The van der Waals surface area contributed by atoms with E-state index in [2.05, 4.69) is 4.98 Å². The van der Waals surface area contributed by atoms with Crippen molar-refractivity contribution in [1.29, 1.82) is 0 Å². The highest BCUT2D eigenvalue weighted by molar-refractivity contribution is 7.21. The minimum Gasteiger partial charge on any atom is -0.337 e. The largest absolute Gasteiger partial charge is 0.337 e. The molecule has 0 aliphatic carbocycles. The Hall–Kier alpha value is -3.32. The molecule has 0 radical (unpaired) electrons. The smallest absolute Gasteiger partial charge is 0.262 e. The van der Waals surface area contributed by atoms with Gasteiger partial charge in [0, 0.05) is 11.9 Å². The third kappa shape index (κ3) is 3.89. The predicted octanol–water partition coefficient (Wildman–Crippen LogP) is 4.48. The second kappa shape index (κ2) is 8.20. The summed E-state index contributed by atoms with van der Waals surface area (Å²) >= 11 is 1.45. The number of hydrogen-bond donors (Lipinski definition) is 0. The topological polar surface area (TPSA) is 55.2 Å². The maximum Gasteiger partial charge on any atom is 0.262 e. The Kier molecular flexibility index (Phi) is 5.46. The highest BCUT2D eigenvalue weighted by atomic mass is 32.1. The molecular formula is C23H20FN3O2S. The van der Waals surface area contributed by atoms with Gasteiger partial charge in [-0.1, -0.05) is 42.5 Å². The average Bonchev–Trinajstić information content (AvgIpc) is 3.21. The average molecular weight is 421 g/mol. The lowest BCUT2D eigenvalue weighted by atomic mass is 10.1. The van der Waals surface area contributed by atoms with Crippen LogP contribution in [0.2, 0.25) is 0 Å². The Labute approximate surface area is 177 Å². The third-order valence-electron chi connectivity index (χ3n) is 5.21. The molecule has 1 amide bonds. The molecule has 4 aromatic rings. The Bertz CT molecular complexity index is 1250. The van der Waals surface area contributed by atoms with Gasteiger partial charge in [-0.25, -0.2) is 9.37 Å². The third-order valence-corrected chi connectivity index (χ3v) is 6.30. The molecule has 152 valence electrons. The first-order chi connectivity index (χ1) is 14.4. The lowest BCUT2D eigenvalue weighted by Gasteiger charge is -2.25. The second-order valence-corrected chi connectivity index (χ2v) is 8.14. The molecule has 2 heterocycles. The van der Waals surface area contributed by atoms with Crippen LogP contribution in [0.15, 0.2) is 71.8 Å². The van der Waals surface area contributed by atoms with Crippen LogP contribution in [0.1, 0.15) is 18.5 Å². The van der Waals surface area contributed by atoms with Crippen LogP contribution in [0.5, 0.6) is 0 Å². The van der Waals surface area contributed by atoms with Crippen molar-refractivity contribution in [2.75, 3.05) is 7.05 Å².